The van der Waals surface area contributed by atoms with E-state index in [1.165, 1.54) is 24.4 Å². The number of ether oxygens (including phenoxy) is 2. The molecule has 1 aromatic heterocycles. The maximum atomic E-state index is 14.4. The number of anilines is 1. The molecule has 0 saturated carbocycles. The normalized spacial score (nSPS) is 21.0. The second-order valence-corrected chi connectivity index (χ2v) is 7.98. The number of halogens is 2. The molecule has 3 N–H and O–H groups in total. The Morgan fingerprint density at radius 3 is 2.71 bits per heavy atom. The number of rotatable bonds is 7. The fourth-order valence-electron chi connectivity index (χ4n) is 3.73. The molecule has 3 atom stereocenters. The largest absolute Gasteiger partial charge is 0.490 e. The molecular formula is C22H26F2N2O5. The first-order valence-electron chi connectivity index (χ1n) is 10.0. The van der Waals surface area contributed by atoms with Crippen molar-refractivity contribution in [2.75, 3.05) is 18.5 Å². The Morgan fingerprint density at radius 2 is 2.10 bits per heavy atom. The van der Waals surface area contributed by atoms with E-state index in [4.69, 9.17) is 14.6 Å². The number of carbonyl (C=O) groups excluding carboxylic acids is 1. The fourth-order valence-corrected chi connectivity index (χ4v) is 3.73. The van der Waals surface area contributed by atoms with Crippen molar-refractivity contribution in [1.82, 2.24) is 4.98 Å². The minimum Gasteiger partial charge on any atom is -0.490 e. The van der Waals surface area contributed by atoms with Gasteiger partial charge in [0.25, 0.3) is 5.91 Å². The van der Waals surface area contributed by atoms with E-state index >= 15 is 0 Å². The molecule has 7 nitrogen and oxygen atoms in total. The van der Waals surface area contributed by atoms with E-state index in [1.54, 1.807) is 6.92 Å². The van der Waals surface area contributed by atoms with Crippen molar-refractivity contribution < 1.29 is 33.3 Å². The Bertz CT molecular complexity index is 936. The van der Waals surface area contributed by atoms with Gasteiger partial charge in [0.15, 0.2) is 11.6 Å². The Hall–Kier alpha value is -2.62. The summed E-state index contributed by atoms with van der Waals surface area (Å²) in [5, 5.41) is 21.3. The van der Waals surface area contributed by atoms with Gasteiger partial charge in [-0.15, -0.1) is 0 Å². The predicted octanol–water partition coefficient (Wildman–Crippen LogP) is 3.07. The van der Waals surface area contributed by atoms with Gasteiger partial charge in [0.05, 0.1) is 36.4 Å². The van der Waals surface area contributed by atoms with Gasteiger partial charge in [-0.1, -0.05) is 6.07 Å². The molecule has 1 aliphatic rings. The van der Waals surface area contributed by atoms with Crippen molar-refractivity contribution in [3.05, 3.63) is 53.4 Å². The van der Waals surface area contributed by atoms with Crippen molar-refractivity contribution in [2.45, 2.75) is 50.9 Å². The number of benzene rings is 1. The van der Waals surface area contributed by atoms with Crippen LogP contribution in [0.15, 0.2) is 30.5 Å². The second-order valence-electron chi connectivity index (χ2n) is 7.98. The van der Waals surface area contributed by atoms with Crippen molar-refractivity contribution in [2.24, 2.45) is 0 Å². The summed E-state index contributed by atoms with van der Waals surface area (Å²) >= 11 is 0. The van der Waals surface area contributed by atoms with Crippen molar-refractivity contribution in [3.63, 3.8) is 0 Å². The molecule has 1 fully saturated rings. The van der Waals surface area contributed by atoms with Crippen LogP contribution >= 0.6 is 0 Å². The van der Waals surface area contributed by atoms with Crippen LogP contribution in [0.3, 0.4) is 0 Å². The number of aliphatic hydroxyl groups excluding tert-OH is 2. The highest BCUT2D eigenvalue weighted by Crippen LogP contribution is 2.45. The number of hydrogen-bond donors (Lipinski definition) is 3. The summed E-state index contributed by atoms with van der Waals surface area (Å²) < 4.78 is 39.5. The third-order valence-electron chi connectivity index (χ3n) is 5.12. The summed E-state index contributed by atoms with van der Waals surface area (Å²) in [5.41, 5.74) is 0.320. The monoisotopic (exact) mass is 436 g/mol. The van der Waals surface area contributed by atoms with Gasteiger partial charge in [-0.2, -0.15) is 4.39 Å². The lowest BCUT2D eigenvalue weighted by molar-refractivity contribution is -0.130. The van der Waals surface area contributed by atoms with Gasteiger partial charge in [-0.25, -0.2) is 4.39 Å². The van der Waals surface area contributed by atoms with Crippen molar-refractivity contribution in [1.29, 1.82) is 0 Å². The van der Waals surface area contributed by atoms with Crippen LogP contribution in [0.1, 0.15) is 50.5 Å². The lowest BCUT2D eigenvalue weighted by Crippen LogP contribution is -2.33. The molecule has 2 heterocycles. The molecule has 0 spiro atoms. The number of nitrogens with zero attached hydrogens (tertiary/aromatic N) is 1. The number of hydrogen-bond acceptors (Lipinski definition) is 6. The maximum Gasteiger partial charge on any atom is 0.254 e. The van der Waals surface area contributed by atoms with Gasteiger partial charge in [0, 0.05) is 11.5 Å². The van der Waals surface area contributed by atoms with Gasteiger partial charge in [0.1, 0.15) is 12.2 Å². The highest BCUT2D eigenvalue weighted by atomic mass is 19.2. The zero-order chi connectivity index (χ0) is 22.8. The molecule has 168 valence electrons. The average Bonchev–Trinajstić information content (AvgIpc) is 3.07. The van der Waals surface area contributed by atoms with Crippen molar-refractivity contribution in [3.8, 4) is 5.75 Å². The van der Waals surface area contributed by atoms with Crippen LogP contribution in [0, 0.1) is 11.6 Å². The van der Waals surface area contributed by atoms with Crippen LogP contribution in [0.25, 0.3) is 0 Å². The Labute approximate surface area is 179 Å². The molecule has 1 saturated heterocycles. The van der Waals surface area contributed by atoms with Crippen LogP contribution in [-0.2, 0) is 9.53 Å². The quantitative estimate of drug-likeness (QED) is 0.617. The topological polar surface area (TPSA) is 101 Å². The number of carbonyl (C=O) groups is 1. The van der Waals surface area contributed by atoms with Crippen molar-refractivity contribution >= 4 is 11.6 Å². The second kappa shape index (κ2) is 9.25. The lowest BCUT2D eigenvalue weighted by atomic mass is 9.86. The van der Waals surface area contributed by atoms with Gasteiger partial charge in [0.2, 0.25) is 5.82 Å². The summed E-state index contributed by atoms with van der Waals surface area (Å²) in [4.78, 5) is 17.0. The number of pyridine rings is 1. The number of aromatic nitrogens is 1. The smallest absolute Gasteiger partial charge is 0.254 e. The van der Waals surface area contributed by atoms with E-state index in [-0.39, 0.29) is 18.1 Å². The van der Waals surface area contributed by atoms with E-state index in [2.05, 4.69) is 10.3 Å². The predicted molar refractivity (Wildman–Crippen MR) is 109 cm³/mol. The lowest BCUT2D eigenvalue weighted by Gasteiger charge is -2.21. The maximum absolute atomic E-state index is 14.4. The van der Waals surface area contributed by atoms with Crippen LogP contribution in [0.2, 0.25) is 0 Å². The zero-order valence-electron chi connectivity index (χ0n) is 17.6. The fraction of sp³-hybridized carbons (Fsp3) is 0.455. The summed E-state index contributed by atoms with van der Waals surface area (Å²) in [5.74, 6) is -3.36. The molecule has 9 heteroatoms. The molecule has 0 aliphatic carbocycles. The minimum absolute atomic E-state index is 0.138. The molecule has 0 bridgehead atoms. The first kappa shape index (κ1) is 23.1. The zero-order valence-corrected chi connectivity index (χ0v) is 17.6. The van der Waals surface area contributed by atoms with Crippen LogP contribution < -0.4 is 10.1 Å². The average molecular weight is 436 g/mol. The van der Waals surface area contributed by atoms with Gasteiger partial charge >= 0.3 is 0 Å². The van der Waals surface area contributed by atoms with Crippen LogP contribution in [0.4, 0.5) is 14.5 Å². The molecule has 1 amide bonds. The van der Waals surface area contributed by atoms with E-state index in [1.807, 2.05) is 13.8 Å². The van der Waals surface area contributed by atoms with E-state index < -0.39 is 47.9 Å². The SMILES string of the molecule is CCOc1c([C@@H]2CC(C)(C)O[C@H]2C(=O)Nc2ccc([C@@H](O)CO)nc2)ccc(F)c1F. The number of amides is 1. The summed E-state index contributed by atoms with van der Waals surface area (Å²) in [6.07, 6.45) is -0.333. The first-order valence-corrected chi connectivity index (χ1v) is 10.0. The highest BCUT2D eigenvalue weighted by Gasteiger charge is 2.46. The number of aliphatic hydroxyl groups is 2. The number of nitrogens with one attached hydrogen (secondary N) is 1. The molecule has 0 radical (unpaired) electrons. The molecule has 0 unspecified atom stereocenters. The van der Waals surface area contributed by atoms with E-state index in [9.17, 15) is 18.7 Å². The minimum atomic E-state index is -1.11. The molecule has 3 rings (SSSR count). The Kier molecular flexibility index (Phi) is 6.88. The third-order valence-corrected chi connectivity index (χ3v) is 5.12. The Morgan fingerprint density at radius 1 is 1.35 bits per heavy atom. The standard InChI is InChI=1S/C22H26F2N2O5/c1-4-30-19-13(6-7-15(23)18(19)24)14-9-22(2,3)31-20(14)21(29)26-12-5-8-16(25-10-12)17(28)11-27/h5-8,10,14,17,20,27-28H,4,9,11H2,1-3H3,(H,26,29)/t14-,17-,20+/m0/s1. The van der Waals surface area contributed by atoms with E-state index in [0.29, 0.717) is 17.7 Å². The molecular weight excluding hydrogens is 410 g/mol. The molecule has 2 aromatic rings. The summed E-state index contributed by atoms with van der Waals surface area (Å²) in [7, 11) is 0. The van der Waals surface area contributed by atoms with Crippen LogP contribution in [0.5, 0.6) is 5.75 Å². The summed E-state index contributed by atoms with van der Waals surface area (Å²) in [6.45, 7) is 4.97. The van der Waals surface area contributed by atoms with Gasteiger partial charge in [-0.3, -0.25) is 9.78 Å². The van der Waals surface area contributed by atoms with Crippen LogP contribution in [-0.4, -0.2) is 46.0 Å². The molecule has 1 aromatic carbocycles. The van der Waals surface area contributed by atoms with Gasteiger partial charge < -0.3 is 25.0 Å². The van der Waals surface area contributed by atoms with Gasteiger partial charge in [-0.05, 0) is 45.4 Å². The van der Waals surface area contributed by atoms with E-state index in [0.717, 1.165) is 6.07 Å². The molecule has 31 heavy (non-hydrogen) atoms. The molecule has 1 aliphatic heterocycles. The third kappa shape index (κ3) is 5.00. The highest BCUT2D eigenvalue weighted by molar-refractivity contribution is 5.95. The first-order chi connectivity index (χ1) is 14.7. The summed E-state index contributed by atoms with van der Waals surface area (Å²) in [6, 6.07) is 5.46. The Balaban J connectivity index is 1.87.